The largest absolute Gasteiger partial charge is 0.496 e. The number of rotatable bonds is 4. The van der Waals surface area contributed by atoms with Gasteiger partial charge in [0.05, 0.1) is 14.2 Å². The third-order valence-electron chi connectivity index (χ3n) is 2.84. The van der Waals surface area contributed by atoms with Crippen LogP contribution in [0.3, 0.4) is 0 Å². The lowest BCUT2D eigenvalue weighted by Gasteiger charge is -2.11. The van der Waals surface area contributed by atoms with E-state index in [1.807, 2.05) is 18.2 Å². The van der Waals surface area contributed by atoms with Gasteiger partial charge in [0, 0.05) is 5.39 Å². The summed E-state index contributed by atoms with van der Waals surface area (Å²) in [4.78, 5) is 0. The Morgan fingerprint density at radius 2 is 1.82 bits per heavy atom. The molecule has 0 aliphatic heterocycles. The maximum Gasteiger partial charge on any atom is 0.126 e. The average Bonchev–Trinajstić information content (AvgIpc) is 2.37. The molecule has 0 saturated carbocycles. The van der Waals surface area contributed by atoms with Gasteiger partial charge in [0.1, 0.15) is 11.5 Å². The molecule has 0 radical (unpaired) electrons. The van der Waals surface area contributed by atoms with Gasteiger partial charge in [-0.2, -0.15) is 12.6 Å². The quantitative estimate of drug-likeness (QED) is 0.837. The number of fused-ring (bicyclic) bond motifs is 1. The van der Waals surface area contributed by atoms with Crippen LogP contribution in [-0.4, -0.2) is 20.0 Å². The van der Waals surface area contributed by atoms with Gasteiger partial charge in [0.15, 0.2) is 0 Å². The van der Waals surface area contributed by atoms with Gasteiger partial charge in [-0.1, -0.05) is 12.1 Å². The molecule has 2 rings (SSSR count). The summed E-state index contributed by atoms with van der Waals surface area (Å²) in [5.74, 6) is 2.58. The molecule has 0 fully saturated rings. The Morgan fingerprint density at radius 3 is 2.47 bits per heavy atom. The highest BCUT2D eigenvalue weighted by atomic mass is 32.1. The zero-order chi connectivity index (χ0) is 12.3. The molecule has 90 valence electrons. The van der Waals surface area contributed by atoms with Crippen molar-refractivity contribution in [3.8, 4) is 11.5 Å². The molecule has 2 aromatic carbocycles. The van der Waals surface area contributed by atoms with E-state index < -0.39 is 0 Å². The number of thiol groups is 1. The first-order valence-corrected chi connectivity index (χ1v) is 6.18. The number of methoxy groups -OCH3 is 2. The second kappa shape index (κ2) is 5.32. The van der Waals surface area contributed by atoms with Crippen LogP contribution in [0.1, 0.15) is 5.56 Å². The second-order valence-electron chi connectivity index (χ2n) is 3.82. The maximum absolute atomic E-state index is 5.42. The number of ether oxygens (including phenoxy) is 2. The molecule has 2 nitrogen and oxygen atoms in total. The lowest BCUT2D eigenvalue weighted by atomic mass is 10.0. The summed E-state index contributed by atoms with van der Waals surface area (Å²) in [6.45, 7) is 0. The van der Waals surface area contributed by atoms with Gasteiger partial charge in [0.25, 0.3) is 0 Å². The lowest BCUT2D eigenvalue weighted by Crippen LogP contribution is -1.94. The third kappa shape index (κ3) is 2.34. The Kier molecular flexibility index (Phi) is 3.79. The topological polar surface area (TPSA) is 18.5 Å². The maximum atomic E-state index is 5.42. The second-order valence-corrected chi connectivity index (χ2v) is 4.27. The molecular weight excluding hydrogens is 232 g/mol. The molecule has 0 atom stereocenters. The summed E-state index contributed by atoms with van der Waals surface area (Å²) >= 11 is 4.27. The van der Waals surface area contributed by atoms with E-state index in [1.165, 1.54) is 10.9 Å². The van der Waals surface area contributed by atoms with Crippen LogP contribution < -0.4 is 9.47 Å². The fourth-order valence-electron chi connectivity index (χ4n) is 2.01. The van der Waals surface area contributed by atoms with E-state index in [2.05, 4.69) is 24.8 Å². The van der Waals surface area contributed by atoms with E-state index in [0.717, 1.165) is 29.1 Å². The Morgan fingerprint density at radius 1 is 1.06 bits per heavy atom. The highest BCUT2D eigenvalue weighted by Gasteiger charge is 2.08. The van der Waals surface area contributed by atoms with Crippen LogP contribution in [0.4, 0.5) is 0 Å². The minimum Gasteiger partial charge on any atom is -0.496 e. The predicted molar refractivity (Wildman–Crippen MR) is 74.6 cm³/mol. The molecule has 0 N–H and O–H groups in total. The zero-order valence-electron chi connectivity index (χ0n) is 10.1. The van der Waals surface area contributed by atoms with Crippen LogP contribution in [-0.2, 0) is 6.42 Å². The Balaban J connectivity index is 2.64. The minimum atomic E-state index is 0.811. The Hall–Kier alpha value is -1.35. The molecule has 17 heavy (non-hydrogen) atoms. The first-order chi connectivity index (χ1) is 8.30. The van der Waals surface area contributed by atoms with Crippen LogP contribution in [0.15, 0.2) is 30.3 Å². The molecule has 0 bridgehead atoms. The van der Waals surface area contributed by atoms with E-state index >= 15 is 0 Å². The minimum absolute atomic E-state index is 0.811. The number of hydrogen-bond donors (Lipinski definition) is 1. The molecule has 3 heteroatoms. The van der Waals surface area contributed by atoms with Gasteiger partial charge >= 0.3 is 0 Å². The molecule has 0 amide bonds. The predicted octanol–water partition coefficient (Wildman–Crippen LogP) is 3.33. The van der Waals surface area contributed by atoms with E-state index in [9.17, 15) is 0 Å². The van der Waals surface area contributed by atoms with Crippen LogP contribution >= 0.6 is 12.6 Å². The van der Waals surface area contributed by atoms with Crippen molar-refractivity contribution < 1.29 is 9.47 Å². The summed E-state index contributed by atoms with van der Waals surface area (Å²) in [5.41, 5.74) is 1.18. The smallest absolute Gasteiger partial charge is 0.126 e. The van der Waals surface area contributed by atoms with Crippen LogP contribution in [0, 0.1) is 0 Å². The molecule has 0 spiro atoms. The highest BCUT2D eigenvalue weighted by Crippen LogP contribution is 2.32. The van der Waals surface area contributed by atoms with Gasteiger partial charge in [-0.15, -0.1) is 0 Å². The number of hydrogen-bond acceptors (Lipinski definition) is 3. The van der Waals surface area contributed by atoms with Crippen molar-refractivity contribution in [3.05, 3.63) is 35.9 Å². The van der Waals surface area contributed by atoms with Crippen molar-refractivity contribution in [1.82, 2.24) is 0 Å². The summed E-state index contributed by atoms with van der Waals surface area (Å²) in [5, 5.41) is 2.25. The molecular formula is C14H16O2S. The number of benzene rings is 2. The lowest BCUT2D eigenvalue weighted by molar-refractivity contribution is 0.408. The average molecular weight is 248 g/mol. The SMILES string of the molecule is COc1cc2c(OC)cccc2cc1CCS. The first-order valence-electron chi connectivity index (χ1n) is 5.54. The normalized spacial score (nSPS) is 10.5. The van der Waals surface area contributed by atoms with Crippen molar-refractivity contribution in [1.29, 1.82) is 0 Å². The van der Waals surface area contributed by atoms with Crippen molar-refractivity contribution in [2.45, 2.75) is 6.42 Å². The molecule has 0 unspecified atom stereocenters. The van der Waals surface area contributed by atoms with E-state index in [1.54, 1.807) is 14.2 Å². The van der Waals surface area contributed by atoms with E-state index in [4.69, 9.17) is 9.47 Å². The summed E-state index contributed by atoms with van der Waals surface area (Å²) in [6, 6.07) is 10.2. The van der Waals surface area contributed by atoms with Crippen LogP contribution in [0.2, 0.25) is 0 Å². The van der Waals surface area contributed by atoms with E-state index in [0.29, 0.717) is 0 Å². The van der Waals surface area contributed by atoms with E-state index in [-0.39, 0.29) is 0 Å². The van der Waals surface area contributed by atoms with Gasteiger partial charge < -0.3 is 9.47 Å². The molecule has 0 aliphatic carbocycles. The number of aryl methyl sites for hydroxylation is 1. The van der Waals surface area contributed by atoms with Crippen molar-refractivity contribution in [3.63, 3.8) is 0 Å². The van der Waals surface area contributed by atoms with Crippen LogP contribution in [0.25, 0.3) is 10.8 Å². The zero-order valence-corrected chi connectivity index (χ0v) is 11.0. The molecule has 0 heterocycles. The summed E-state index contributed by atoms with van der Waals surface area (Å²) < 4.78 is 10.8. The van der Waals surface area contributed by atoms with Gasteiger partial charge in [-0.25, -0.2) is 0 Å². The van der Waals surface area contributed by atoms with Gasteiger partial charge in [-0.05, 0) is 41.3 Å². The molecule has 2 aromatic rings. The van der Waals surface area contributed by atoms with Crippen molar-refractivity contribution >= 4 is 23.4 Å². The highest BCUT2D eigenvalue weighted by molar-refractivity contribution is 7.80. The molecule has 0 aromatic heterocycles. The monoisotopic (exact) mass is 248 g/mol. The van der Waals surface area contributed by atoms with Gasteiger partial charge in [-0.3, -0.25) is 0 Å². The molecule has 0 saturated heterocycles. The summed E-state index contributed by atoms with van der Waals surface area (Å²) in [6.07, 6.45) is 0.902. The third-order valence-corrected chi connectivity index (χ3v) is 3.07. The van der Waals surface area contributed by atoms with Crippen molar-refractivity contribution in [2.75, 3.05) is 20.0 Å². The summed E-state index contributed by atoms with van der Waals surface area (Å²) in [7, 11) is 3.38. The fraction of sp³-hybridized carbons (Fsp3) is 0.286. The Bertz CT molecular complexity index is 523. The van der Waals surface area contributed by atoms with Gasteiger partial charge in [0.2, 0.25) is 0 Å². The van der Waals surface area contributed by atoms with Crippen LogP contribution in [0.5, 0.6) is 11.5 Å². The first kappa shape index (κ1) is 12.1. The molecule has 0 aliphatic rings. The fourth-order valence-corrected chi connectivity index (χ4v) is 2.25. The standard InChI is InChI=1S/C14H16O2S/c1-15-13-5-3-4-10-8-11(6-7-17)14(16-2)9-12(10)13/h3-5,8-9,17H,6-7H2,1-2H3. The Labute approximate surface area is 107 Å². The van der Waals surface area contributed by atoms with Crippen molar-refractivity contribution in [2.24, 2.45) is 0 Å².